The standard InChI is InChI=1S/C14H18N2O3/c1-9-4-6-12(19-9)14(16-15)10-5-7-11(17-2)13(8-10)18-3/h4-8,14,16H,15H2,1-3H3. The second kappa shape index (κ2) is 5.77. The lowest BCUT2D eigenvalue weighted by Crippen LogP contribution is -2.28. The molecule has 102 valence electrons. The Balaban J connectivity index is 2.38. The number of hydrazine groups is 1. The Hall–Kier alpha value is -1.98. The van der Waals surface area contributed by atoms with Gasteiger partial charge in [-0.25, -0.2) is 5.43 Å². The van der Waals surface area contributed by atoms with E-state index in [1.165, 1.54) is 0 Å². The van der Waals surface area contributed by atoms with Gasteiger partial charge in [-0.2, -0.15) is 0 Å². The molecule has 5 nitrogen and oxygen atoms in total. The van der Waals surface area contributed by atoms with Gasteiger partial charge in [-0.3, -0.25) is 5.84 Å². The largest absolute Gasteiger partial charge is 0.493 e. The number of rotatable bonds is 5. The van der Waals surface area contributed by atoms with E-state index in [1.54, 1.807) is 14.2 Å². The highest BCUT2D eigenvalue weighted by Gasteiger charge is 2.18. The first kappa shape index (κ1) is 13.5. The first-order valence-corrected chi connectivity index (χ1v) is 5.94. The van der Waals surface area contributed by atoms with Crippen LogP contribution in [0.2, 0.25) is 0 Å². The van der Waals surface area contributed by atoms with E-state index in [2.05, 4.69) is 5.43 Å². The van der Waals surface area contributed by atoms with E-state index in [0.717, 1.165) is 17.1 Å². The summed E-state index contributed by atoms with van der Waals surface area (Å²) in [5, 5.41) is 0. The zero-order valence-corrected chi connectivity index (χ0v) is 11.3. The van der Waals surface area contributed by atoms with E-state index in [1.807, 2.05) is 37.3 Å². The van der Waals surface area contributed by atoms with Crippen molar-refractivity contribution in [2.24, 2.45) is 5.84 Å². The van der Waals surface area contributed by atoms with Crippen molar-refractivity contribution in [2.75, 3.05) is 14.2 Å². The van der Waals surface area contributed by atoms with Gasteiger partial charge < -0.3 is 13.9 Å². The van der Waals surface area contributed by atoms with E-state index in [-0.39, 0.29) is 6.04 Å². The smallest absolute Gasteiger partial charge is 0.161 e. The quantitative estimate of drug-likeness (QED) is 0.638. The van der Waals surface area contributed by atoms with Crippen molar-refractivity contribution in [1.29, 1.82) is 0 Å². The van der Waals surface area contributed by atoms with Gasteiger partial charge in [0.2, 0.25) is 0 Å². The maximum atomic E-state index is 5.63. The Morgan fingerprint density at radius 1 is 1.11 bits per heavy atom. The summed E-state index contributed by atoms with van der Waals surface area (Å²) in [7, 11) is 3.20. The molecule has 0 saturated heterocycles. The van der Waals surface area contributed by atoms with Crippen LogP contribution in [0.4, 0.5) is 0 Å². The molecule has 1 aromatic carbocycles. The number of furan rings is 1. The second-order valence-electron chi connectivity index (χ2n) is 4.16. The number of nitrogens with two attached hydrogens (primary N) is 1. The van der Waals surface area contributed by atoms with Gasteiger partial charge in [0.05, 0.1) is 14.2 Å². The zero-order valence-electron chi connectivity index (χ0n) is 11.3. The first-order valence-electron chi connectivity index (χ1n) is 5.94. The molecule has 1 atom stereocenters. The van der Waals surface area contributed by atoms with Gasteiger partial charge in [-0.1, -0.05) is 6.07 Å². The molecular weight excluding hydrogens is 244 g/mol. The summed E-state index contributed by atoms with van der Waals surface area (Å²) in [6, 6.07) is 9.21. The van der Waals surface area contributed by atoms with Crippen LogP contribution >= 0.6 is 0 Å². The minimum Gasteiger partial charge on any atom is -0.493 e. The molecule has 0 fully saturated rings. The minimum atomic E-state index is -0.228. The lowest BCUT2D eigenvalue weighted by molar-refractivity contribution is 0.353. The molecule has 1 unspecified atom stereocenters. The Morgan fingerprint density at radius 3 is 2.37 bits per heavy atom. The molecule has 3 N–H and O–H groups in total. The van der Waals surface area contributed by atoms with Crippen LogP contribution in [0.15, 0.2) is 34.7 Å². The maximum Gasteiger partial charge on any atom is 0.161 e. The number of benzene rings is 1. The monoisotopic (exact) mass is 262 g/mol. The van der Waals surface area contributed by atoms with E-state index in [4.69, 9.17) is 19.7 Å². The van der Waals surface area contributed by atoms with Crippen LogP contribution in [-0.4, -0.2) is 14.2 Å². The summed E-state index contributed by atoms with van der Waals surface area (Å²) in [6.45, 7) is 1.89. The Kier molecular flexibility index (Phi) is 4.09. The molecular formula is C14H18N2O3. The normalized spacial score (nSPS) is 12.2. The van der Waals surface area contributed by atoms with Gasteiger partial charge in [-0.15, -0.1) is 0 Å². The zero-order chi connectivity index (χ0) is 13.8. The fourth-order valence-corrected chi connectivity index (χ4v) is 1.98. The topological polar surface area (TPSA) is 69.7 Å². The van der Waals surface area contributed by atoms with E-state index >= 15 is 0 Å². The van der Waals surface area contributed by atoms with Crippen LogP contribution < -0.4 is 20.7 Å². The summed E-state index contributed by atoms with van der Waals surface area (Å²) < 4.78 is 16.1. The number of nitrogens with one attached hydrogen (secondary N) is 1. The second-order valence-corrected chi connectivity index (χ2v) is 4.16. The van der Waals surface area contributed by atoms with Crippen molar-refractivity contribution in [2.45, 2.75) is 13.0 Å². The molecule has 0 bridgehead atoms. The van der Waals surface area contributed by atoms with Crippen LogP contribution in [0.3, 0.4) is 0 Å². The first-order chi connectivity index (χ1) is 9.19. The van der Waals surface area contributed by atoms with E-state index < -0.39 is 0 Å². The van der Waals surface area contributed by atoms with Crippen molar-refractivity contribution in [3.05, 3.63) is 47.4 Å². The van der Waals surface area contributed by atoms with Crippen molar-refractivity contribution in [3.63, 3.8) is 0 Å². The number of hydrogen-bond donors (Lipinski definition) is 2. The van der Waals surface area contributed by atoms with Crippen LogP contribution in [-0.2, 0) is 0 Å². The van der Waals surface area contributed by atoms with Crippen molar-refractivity contribution < 1.29 is 13.9 Å². The Labute approximate surface area is 112 Å². The van der Waals surface area contributed by atoms with Gasteiger partial charge in [-0.05, 0) is 36.8 Å². The number of methoxy groups -OCH3 is 2. The molecule has 0 aliphatic heterocycles. The lowest BCUT2D eigenvalue weighted by Gasteiger charge is -2.16. The molecule has 1 aromatic heterocycles. The van der Waals surface area contributed by atoms with Gasteiger partial charge in [0.15, 0.2) is 11.5 Å². The fraction of sp³-hybridized carbons (Fsp3) is 0.286. The summed E-state index contributed by atoms with van der Waals surface area (Å²) >= 11 is 0. The van der Waals surface area contributed by atoms with Crippen LogP contribution in [0, 0.1) is 6.92 Å². The molecule has 0 amide bonds. The fourth-order valence-electron chi connectivity index (χ4n) is 1.98. The van der Waals surface area contributed by atoms with Crippen molar-refractivity contribution in [3.8, 4) is 11.5 Å². The van der Waals surface area contributed by atoms with Crippen LogP contribution in [0.5, 0.6) is 11.5 Å². The average Bonchev–Trinajstić information content (AvgIpc) is 2.86. The van der Waals surface area contributed by atoms with Crippen molar-refractivity contribution in [1.82, 2.24) is 5.43 Å². The molecule has 0 radical (unpaired) electrons. The predicted molar refractivity (Wildman–Crippen MR) is 72.2 cm³/mol. The van der Waals surface area contributed by atoms with Gasteiger partial charge >= 0.3 is 0 Å². The molecule has 1 heterocycles. The molecule has 0 aliphatic rings. The number of hydrogen-bond acceptors (Lipinski definition) is 5. The highest BCUT2D eigenvalue weighted by molar-refractivity contribution is 5.45. The SMILES string of the molecule is COc1ccc(C(NN)c2ccc(C)o2)cc1OC. The van der Waals surface area contributed by atoms with Crippen LogP contribution in [0.25, 0.3) is 0 Å². The highest BCUT2D eigenvalue weighted by Crippen LogP contribution is 2.32. The van der Waals surface area contributed by atoms with E-state index in [9.17, 15) is 0 Å². The maximum absolute atomic E-state index is 5.63. The molecule has 0 spiro atoms. The average molecular weight is 262 g/mol. The molecule has 19 heavy (non-hydrogen) atoms. The van der Waals surface area contributed by atoms with Crippen molar-refractivity contribution >= 4 is 0 Å². The molecule has 2 aromatic rings. The lowest BCUT2D eigenvalue weighted by atomic mass is 10.0. The van der Waals surface area contributed by atoms with Gasteiger partial charge in [0, 0.05) is 0 Å². The van der Waals surface area contributed by atoms with E-state index in [0.29, 0.717) is 11.5 Å². The molecule has 2 rings (SSSR count). The molecule has 0 aliphatic carbocycles. The number of ether oxygens (including phenoxy) is 2. The Morgan fingerprint density at radius 2 is 1.84 bits per heavy atom. The number of aryl methyl sites for hydroxylation is 1. The highest BCUT2D eigenvalue weighted by atomic mass is 16.5. The predicted octanol–water partition coefficient (Wildman–Crippen LogP) is 2.16. The molecule has 0 saturated carbocycles. The summed E-state index contributed by atoms with van der Waals surface area (Å²) in [5.74, 6) is 8.56. The van der Waals surface area contributed by atoms with Crippen LogP contribution in [0.1, 0.15) is 23.1 Å². The Bertz CT molecular complexity index is 551. The van der Waals surface area contributed by atoms with Gasteiger partial charge in [0.1, 0.15) is 17.6 Å². The minimum absolute atomic E-state index is 0.228. The summed E-state index contributed by atoms with van der Waals surface area (Å²) in [6.07, 6.45) is 0. The third-order valence-electron chi connectivity index (χ3n) is 2.95. The van der Waals surface area contributed by atoms with Gasteiger partial charge in [0.25, 0.3) is 0 Å². The third-order valence-corrected chi connectivity index (χ3v) is 2.95. The summed E-state index contributed by atoms with van der Waals surface area (Å²) in [4.78, 5) is 0. The summed E-state index contributed by atoms with van der Waals surface area (Å²) in [5.41, 5.74) is 3.69. The third kappa shape index (κ3) is 2.72. The molecule has 5 heteroatoms.